The van der Waals surface area contributed by atoms with Crippen molar-refractivity contribution in [2.75, 3.05) is 6.54 Å². The van der Waals surface area contributed by atoms with Crippen LogP contribution in [0.2, 0.25) is 0 Å². The molecule has 0 aromatic heterocycles. The van der Waals surface area contributed by atoms with Gasteiger partial charge < -0.3 is 11.7 Å². The summed E-state index contributed by atoms with van der Waals surface area (Å²) in [7, 11) is 5.90. The number of hydrogen-bond acceptors (Lipinski definition) is 1. The second-order valence-electron chi connectivity index (χ2n) is 3.89. The predicted molar refractivity (Wildman–Crippen MR) is 59.9 cm³/mol. The maximum absolute atomic E-state index is 5.90. The molecule has 15 heavy (non-hydrogen) atoms. The van der Waals surface area contributed by atoms with Gasteiger partial charge in [-0.05, 0) is 24.9 Å². The van der Waals surface area contributed by atoms with Crippen molar-refractivity contribution < 1.29 is 32.7 Å². The second-order valence-corrected chi connectivity index (χ2v) is 3.89. The van der Waals surface area contributed by atoms with Crippen molar-refractivity contribution in [1.82, 2.24) is 4.81 Å². The predicted octanol–water partition coefficient (Wildman–Crippen LogP) is 2.28. The van der Waals surface area contributed by atoms with Crippen molar-refractivity contribution in [3.05, 3.63) is 42.3 Å². The number of rotatable bonds is 2. The summed E-state index contributed by atoms with van der Waals surface area (Å²) in [6.45, 7) is 4.88. The fourth-order valence-corrected chi connectivity index (χ4v) is 2.05. The minimum absolute atomic E-state index is 0. The molecule has 75 valence electrons. The largest absolute Gasteiger partial charge is 0.347 e. The molecule has 1 atom stereocenters. The van der Waals surface area contributed by atoms with Crippen LogP contribution in [0.3, 0.4) is 0 Å². The Morgan fingerprint density at radius 3 is 2.47 bits per heavy atom. The molecule has 3 radical (unpaired) electrons. The van der Waals surface area contributed by atoms with Crippen LogP contribution in [0.1, 0.15) is 30.0 Å². The molecule has 1 aliphatic heterocycles. The van der Waals surface area contributed by atoms with Gasteiger partial charge in [-0.3, -0.25) is 0 Å². The van der Waals surface area contributed by atoms with E-state index in [9.17, 15) is 0 Å². The van der Waals surface area contributed by atoms with Crippen LogP contribution in [0.4, 0.5) is 0 Å². The normalized spacial score (nSPS) is 21.3. The van der Waals surface area contributed by atoms with E-state index in [-0.39, 0.29) is 32.7 Å². The minimum Gasteiger partial charge on any atom is -0.347 e. The van der Waals surface area contributed by atoms with Gasteiger partial charge >= 0.3 is 0 Å². The SMILES string of the molecule is [B]N1CCCC1c1ccc(C[CH2-])cc1.[Y]. The Morgan fingerprint density at radius 2 is 2.00 bits per heavy atom. The Morgan fingerprint density at radius 1 is 1.33 bits per heavy atom. The van der Waals surface area contributed by atoms with Gasteiger partial charge in [0.2, 0.25) is 0 Å². The molecule has 1 aromatic carbocycles. The monoisotopic (exact) mass is 273 g/mol. The summed E-state index contributed by atoms with van der Waals surface area (Å²) < 4.78 is 0. The Labute approximate surface area is 119 Å². The molecule has 3 heteroatoms. The van der Waals surface area contributed by atoms with Crippen molar-refractivity contribution in [2.45, 2.75) is 25.3 Å². The van der Waals surface area contributed by atoms with Gasteiger partial charge in [0.15, 0.2) is 7.98 Å². The van der Waals surface area contributed by atoms with Gasteiger partial charge in [-0.25, -0.2) is 0 Å². The van der Waals surface area contributed by atoms with Crippen molar-refractivity contribution >= 4 is 7.98 Å². The second kappa shape index (κ2) is 6.17. The van der Waals surface area contributed by atoms with Gasteiger partial charge in [-0.1, -0.05) is 29.8 Å². The minimum atomic E-state index is 0. The van der Waals surface area contributed by atoms with E-state index in [1.807, 2.05) is 4.81 Å². The Bertz CT molecular complexity index is 299. The van der Waals surface area contributed by atoms with E-state index in [2.05, 4.69) is 31.2 Å². The summed E-state index contributed by atoms with van der Waals surface area (Å²) in [4.78, 5) is 1.94. The van der Waals surface area contributed by atoms with Crippen LogP contribution >= 0.6 is 0 Å². The van der Waals surface area contributed by atoms with Crippen LogP contribution in [0, 0.1) is 6.92 Å². The number of nitrogens with zero attached hydrogens (tertiary/aromatic N) is 1. The summed E-state index contributed by atoms with van der Waals surface area (Å²) in [5, 5.41) is 0. The molecule has 1 saturated heterocycles. The van der Waals surface area contributed by atoms with Crippen LogP contribution in [0.25, 0.3) is 0 Å². The van der Waals surface area contributed by atoms with Gasteiger partial charge in [0.25, 0.3) is 0 Å². The third-order valence-electron chi connectivity index (χ3n) is 2.95. The summed E-state index contributed by atoms with van der Waals surface area (Å²) >= 11 is 0. The molecule has 0 spiro atoms. The first-order chi connectivity index (χ1) is 6.81. The van der Waals surface area contributed by atoms with Gasteiger partial charge in [0.05, 0.1) is 0 Å². The first-order valence-corrected chi connectivity index (χ1v) is 5.20. The van der Waals surface area contributed by atoms with E-state index in [0.29, 0.717) is 6.04 Å². The first kappa shape index (κ1) is 13.4. The Balaban J connectivity index is 0.00000112. The average molecular weight is 273 g/mol. The quantitative estimate of drug-likeness (QED) is 0.590. The van der Waals surface area contributed by atoms with E-state index in [0.717, 1.165) is 13.0 Å². The maximum Gasteiger partial charge on any atom is 0.183 e. The Kier molecular flexibility index (Phi) is 5.52. The fourth-order valence-electron chi connectivity index (χ4n) is 2.05. The third kappa shape index (κ3) is 3.15. The molecule has 0 N–H and O–H groups in total. The first-order valence-electron chi connectivity index (χ1n) is 5.20. The van der Waals surface area contributed by atoms with E-state index in [1.165, 1.54) is 24.0 Å². The zero-order chi connectivity index (χ0) is 9.97. The zero-order valence-corrected chi connectivity index (χ0v) is 11.9. The maximum atomic E-state index is 5.90. The number of hydrogen-bond donors (Lipinski definition) is 0. The summed E-state index contributed by atoms with van der Waals surface area (Å²) in [6.07, 6.45) is 3.25. The third-order valence-corrected chi connectivity index (χ3v) is 2.95. The standard InChI is InChI=1S/C12H15BN.Y/c1-2-10-5-7-11(8-6-10)12-4-3-9-14(12)13;/h5-8,12H,1-4,9H2;/q-1;. The van der Waals surface area contributed by atoms with E-state index >= 15 is 0 Å². The molecule has 1 aromatic rings. The van der Waals surface area contributed by atoms with E-state index < -0.39 is 0 Å². The smallest absolute Gasteiger partial charge is 0.183 e. The van der Waals surface area contributed by atoms with Crippen LogP contribution in [-0.2, 0) is 39.1 Å². The number of benzene rings is 1. The summed E-state index contributed by atoms with van der Waals surface area (Å²) in [5.41, 5.74) is 2.62. The molecule has 1 unspecified atom stereocenters. The molecule has 1 nitrogen and oxygen atoms in total. The van der Waals surface area contributed by atoms with Gasteiger partial charge in [-0.15, -0.1) is 0 Å². The fraction of sp³-hybridized carbons (Fsp3) is 0.417. The average Bonchev–Trinajstić information content (AvgIpc) is 2.65. The molecule has 1 fully saturated rings. The van der Waals surface area contributed by atoms with E-state index in [4.69, 9.17) is 7.98 Å². The van der Waals surface area contributed by atoms with Crippen molar-refractivity contribution in [2.24, 2.45) is 0 Å². The Hall–Kier alpha value is 0.349. The molecule has 0 saturated carbocycles. The zero-order valence-electron chi connectivity index (χ0n) is 9.02. The van der Waals surface area contributed by atoms with Crippen LogP contribution in [0.15, 0.2) is 24.3 Å². The molecule has 0 amide bonds. The molecule has 0 bridgehead atoms. The molecule has 1 heterocycles. The summed E-state index contributed by atoms with van der Waals surface area (Å²) in [6, 6.07) is 9.07. The molecule has 2 rings (SSSR count). The van der Waals surface area contributed by atoms with E-state index in [1.54, 1.807) is 0 Å². The van der Waals surface area contributed by atoms with Crippen molar-refractivity contribution in [3.8, 4) is 0 Å². The van der Waals surface area contributed by atoms with Gasteiger partial charge in [0, 0.05) is 38.8 Å². The van der Waals surface area contributed by atoms with Crippen molar-refractivity contribution in [1.29, 1.82) is 0 Å². The summed E-state index contributed by atoms with van der Waals surface area (Å²) in [5.74, 6) is 0. The van der Waals surface area contributed by atoms with Crippen LogP contribution in [-0.4, -0.2) is 19.3 Å². The molecule has 0 aliphatic carbocycles. The molecular weight excluding hydrogens is 258 g/mol. The topological polar surface area (TPSA) is 3.24 Å². The molecule has 1 aliphatic rings. The molecular formula is C12H15BNY-. The van der Waals surface area contributed by atoms with Gasteiger partial charge in [0.1, 0.15) is 0 Å². The van der Waals surface area contributed by atoms with Gasteiger partial charge in [-0.2, -0.15) is 6.42 Å². The van der Waals surface area contributed by atoms with Crippen LogP contribution < -0.4 is 0 Å². The van der Waals surface area contributed by atoms with Crippen LogP contribution in [0.5, 0.6) is 0 Å². The van der Waals surface area contributed by atoms with Crippen molar-refractivity contribution in [3.63, 3.8) is 0 Å².